The van der Waals surface area contributed by atoms with E-state index in [2.05, 4.69) is 9.97 Å². The molecular formula is C10H12ClN3O. The molecular weight excluding hydrogens is 214 g/mol. The quantitative estimate of drug-likeness (QED) is 0.806. The van der Waals surface area contributed by atoms with Crippen LogP contribution in [-0.4, -0.2) is 17.1 Å². The average molecular weight is 226 g/mol. The SMILES string of the molecule is COc1ccc2nc(N)nc(C)c2c1.Cl. The maximum Gasteiger partial charge on any atom is 0.220 e. The molecule has 1 aromatic carbocycles. The van der Waals surface area contributed by atoms with Gasteiger partial charge in [-0.15, -0.1) is 12.4 Å². The van der Waals surface area contributed by atoms with E-state index in [0.717, 1.165) is 22.3 Å². The lowest BCUT2D eigenvalue weighted by Crippen LogP contribution is -1.97. The van der Waals surface area contributed by atoms with Crippen LogP contribution in [-0.2, 0) is 0 Å². The largest absolute Gasteiger partial charge is 0.497 e. The summed E-state index contributed by atoms with van der Waals surface area (Å²) >= 11 is 0. The second kappa shape index (κ2) is 4.31. The van der Waals surface area contributed by atoms with E-state index in [1.807, 2.05) is 25.1 Å². The van der Waals surface area contributed by atoms with E-state index in [4.69, 9.17) is 10.5 Å². The van der Waals surface area contributed by atoms with Gasteiger partial charge in [-0.25, -0.2) is 9.97 Å². The Labute approximate surface area is 93.9 Å². The Morgan fingerprint density at radius 3 is 2.67 bits per heavy atom. The van der Waals surface area contributed by atoms with Crippen molar-refractivity contribution in [1.82, 2.24) is 9.97 Å². The number of nitrogen functional groups attached to an aromatic ring is 1. The first kappa shape index (κ1) is 11.5. The summed E-state index contributed by atoms with van der Waals surface area (Å²) in [5.41, 5.74) is 7.25. The Kier molecular flexibility index (Phi) is 3.31. The molecule has 0 spiro atoms. The van der Waals surface area contributed by atoms with E-state index in [9.17, 15) is 0 Å². The third-order valence-corrected chi connectivity index (χ3v) is 2.11. The van der Waals surface area contributed by atoms with Gasteiger partial charge in [0, 0.05) is 5.39 Å². The van der Waals surface area contributed by atoms with Gasteiger partial charge in [0.1, 0.15) is 5.75 Å². The van der Waals surface area contributed by atoms with Crippen molar-refractivity contribution in [2.24, 2.45) is 0 Å². The van der Waals surface area contributed by atoms with Crippen molar-refractivity contribution in [3.8, 4) is 5.75 Å². The highest BCUT2D eigenvalue weighted by Crippen LogP contribution is 2.21. The first-order chi connectivity index (χ1) is 6.70. The third kappa shape index (κ3) is 2.10. The predicted molar refractivity (Wildman–Crippen MR) is 62.5 cm³/mol. The highest BCUT2D eigenvalue weighted by molar-refractivity contribution is 5.85. The molecule has 0 aliphatic heterocycles. The number of nitrogens with two attached hydrogens (primary N) is 1. The van der Waals surface area contributed by atoms with Crippen LogP contribution in [0.25, 0.3) is 10.9 Å². The van der Waals surface area contributed by atoms with Crippen molar-refractivity contribution in [2.45, 2.75) is 6.92 Å². The highest BCUT2D eigenvalue weighted by Gasteiger charge is 2.03. The number of methoxy groups -OCH3 is 1. The number of ether oxygens (including phenoxy) is 1. The lowest BCUT2D eigenvalue weighted by Gasteiger charge is -2.04. The van der Waals surface area contributed by atoms with Gasteiger partial charge in [-0.3, -0.25) is 0 Å². The fourth-order valence-corrected chi connectivity index (χ4v) is 1.41. The Morgan fingerprint density at radius 1 is 1.27 bits per heavy atom. The van der Waals surface area contributed by atoms with Crippen molar-refractivity contribution in [3.05, 3.63) is 23.9 Å². The van der Waals surface area contributed by atoms with E-state index < -0.39 is 0 Å². The minimum absolute atomic E-state index is 0. The van der Waals surface area contributed by atoms with Crippen LogP contribution in [0.1, 0.15) is 5.69 Å². The zero-order valence-electron chi connectivity index (χ0n) is 8.52. The molecule has 80 valence electrons. The number of halogens is 1. The summed E-state index contributed by atoms with van der Waals surface area (Å²) in [6.45, 7) is 1.90. The van der Waals surface area contributed by atoms with Gasteiger partial charge < -0.3 is 10.5 Å². The van der Waals surface area contributed by atoms with Crippen molar-refractivity contribution in [2.75, 3.05) is 12.8 Å². The Bertz CT molecular complexity index is 487. The van der Waals surface area contributed by atoms with Gasteiger partial charge in [0.2, 0.25) is 5.95 Å². The standard InChI is InChI=1S/C10H11N3O.ClH/c1-6-8-5-7(14-2)3-4-9(8)13-10(11)12-6;/h3-5H,1-2H3,(H2,11,12,13);1H. The van der Waals surface area contributed by atoms with Crippen LogP contribution in [0.2, 0.25) is 0 Å². The smallest absolute Gasteiger partial charge is 0.220 e. The zero-order chi connectivity index (χ0) is 10.1. The summed E-state index contributed by atoms with van der Waals surface area (Å²) in [6, 6.07) is 5.64. The maximum absolute atomic E-state index is 5.54. The number of rotatable bonds is 1. The number of aromatic nitrogens is 2. The molecule has 15 heavy (non-hydrogen) atoms. The summed E-state index contributed by atoms with van der Waals surface area (Å²) in [5.74, 6) is 1.11. The van der Waals surface area contributed by atoms with Gasteiger partial charge in [0.25, 0.3) is 0 Å². The van der Waals surface area contributed by atoms with Gasteiger partial charge in [-0.1, -0.05) is 0 Å². The summed E-state index contributed by atoms with van der Waals surface area (Å²) in [6.07, 6.45) is 0. The molecule has 0 aliphatic carbocycles. The topological polar surface area (TPSA) is 61.0 Å². The molecule has 0 bridgehead atoms. The molecule has 2 N–H and O–H groups in total. The van der Waals surface area contributed by atoms with Crippen molar-refractivity contribution in [3.63, 3.8) is 0 Å². The van der Waals surface area contributed by atoms with Crippen LogP contribution >= 0.6 is 12.4 Å². The number of benzene rings is 1. The molecule has 0 saturated heterocycles. The van der Waals surface area contributed by atoms with Gasteiger partial charge >= 0.3 is 0 Å². The van der Waals surface area contributed by atoms with Gasteiger partial charge in [0.15, 0.2) is 0 Å². The van der Waals surface area contributed by atoms with Crippen LogP contribution in [0.5, 0.6) is 5.75 Å². The van der Waals surface area contributed by atoms with Crippen LogP contribution < -0.4 is 10.5 Å². The van der Waals surface area contributed by atoms with Crippen molar-refractivity contribution < 1.29 is 4.74 Å². The average Bonchev–Trinajstić information content (AvgIpc) is 2.17. The second-order valence-corrected chi connectivity index (χ2v) is 3.05. The first-order valence-electron chi connectivity index (χ1n) is 4.28. The lowest BCUT2D eigenvalue weighted by atomic mass is 10.2. The molecule has 2 rings (SSSR count). The number of fused-ring (bicyclic) bond motifs is 1. The normalized spacial score (nSPS) is 9.73. The monoisotopic (exact) mass is 225 g/mol. The molecule has 0 aliphatic rings. The van der Waals surface area contributed by atoms with Gasteiger partial charge in [-0.05, 0) is 25.1 Å². The molecule has 0 fully saturated rings. The Balaban J connectivity index is 0.00000112. The molecule has 0 amide bonds. The predicted octanol–water partition coefficient (Wildman–Crippen LogP) is 1.95. The van der Waals surface area contributed by atoms with E-state index in [1.165, 1.54) is 0 Å². The van der Waals surface area contributed by atoms with Crippen LogP contribution in [0.3, 0.4) is 0 Å². The van der Waals surface area contributed by atoms with E-state index in [-0.39, 0.29) is 12.4 Å². The molecule has 0 unspecified atom stereocenters. The summed E-state index contributed by atoms with van der Waals surface area (Å²) in [7, 11) is 1.63. The number of hydrogen-bond donors (Lipinski definition) is 1. The number of aryl methyl sites for hydroxylation is 1. The van der Waals surface area contributed by atoms with Gasteiger partial charge in [-0.2, -0.15) is 0 Å². The molecule has 4 nitrogen and oxygen atoms in total. The minimum Gasteiger partial charge on any atom is -0.497 e. The Hall–Kier alpha value is -1.55. The zero-order valence-corrected chi connectivity index (χ0v) is 9.34. The molecule has 0 saturated carbocycles. The molecule has 0 radical (unpaired) electrons. The molecule has 0 atom stereocenters. The molecule has 1 aromatic heterocycles. The maximum atomic E-state index is 5.54. The minimum atomic E-state index is 0. The summed E-state index contributed by atoms with van der Waals surface area (Å²) in [5, 5.41) is 0.971. The van der Waals surface area contributed by atoms with Crippen LogP contribution in [0.4, 0.5) is 5.95 Å². The molecule has 5 heteroatoms. The van der Waals surface area contributed by atoms with Crippen LogP contribution in [0.15, 0.2) is 18.2 Å². The van der Waals surface area contributed by atoms with Crippen molar-refractivity contribution >= 4 is 29.3 Å². The van der Waals surface area contributed by atoms with Gasteiger partial charge in [0.05, 0.1) is 18.3 Å². The van der Waals surface area contributed by atoms with Crippen LogP contribution in [0, 0.1) is 6.92 Å². The third-order valence-electron chi connectivity index (χ3n) is 2.11. The summed E-state index contributed by atoms with van der Waals surface area (Å²) in [4.78, 5) is 8.21. The first-order valence-corrected chi connectivity index (χ1v) is 4.28. The number of hydrogen-bond acceptors (Lipinski definition) is 4. The Morgan fingerprint density at radius 2 is 2.00 bits per heavy atom. The molecule has 2 aromatic rings. The second-order valence-electron chi connectivity index (χ2n) is 3.05. The lowest BCUT2D eigenvalue weighted by molar-refractivity contribution is 0.415. The van der Waals surface area contributed by atoms with E-state index in [1.54, 1.807) is 7.11 Å². The fourth-order valence-electron chi connectivity index (χ4n) is 1.41. The number of anilines is 1. The molecule has 1 heterocycles. The van der Waals surface area contributed by atoms with E-state index >= 15 is 0 Å². The highest BCUT2D eigenvalue weighted by atomic mass is 35.5. The van der Waals surface area contributed by atoms with E-state index in [0.29, 0.717) is 5.95 Å². The number of nitrogens with zero attached hydrogens (tertiary/aromatic N) is 2. The fraction of sp³-hybridized carbons (Fsp3) is 0.200. The summed E-state index contributed by atoms with van der Waals surface area (Å²) < 4.78 is 5.12. The van der Waals surface area contributed by atoms with Crippen molar-refractivity contribution in [1.29, 1.82) is 0 Å².